The normalized spacial score (nSPS) is 10.8. The third-order valence-corrected chi connectivity index (χ3v) is 14.1. The van der Waals surface area contributed by atoms with Crippen molar-refractivity contribution in [3.63, 3.8) is 0 Å². The SMILES string of the molecule is C.CCOC(=O)c1cn2ccccc2n1.CCOC(=O)c1nc2ccccn2c1Br.CCOC(=O)c1nc2ccccn2c1C(F)(F)F.ClCCl.FC(F)(F)c1c(CCl)nc2ccccn12.FC(F)(F)c1c(Cn2[c-]ncc2)nc2ccccn12.OCc1nc2ccccn2c1C(F)(F)F.[B]=NS.[W].[W].[c-]1ncc[nH]1. The maximum Gasteiger partial charge on any atom is 0 e. The Balaban J connectivity index is 0.000000331. The molecule has 110 heavy (non-hydrogen) atoms. The number of alkyl halides is 15. The van der Waals surface area contributed by atoms with Crippen LogP contribution in [0.5, 0.6) is 0 Å². The number of aromatic amines is 1. The molecule has 0 aliphatic rings. The van der Waals surface area contributed by atoms with E-state index < -0.39 is 71.7 Å². The number of carbonyl (C=O) groups excluding carboxylic acids is 3. The van der Waals surface area contributed by atoms with Gasteiger partial charge in [-0.25, -0.2) is 44.3 Å². The number of fused-ring (bicyclic) bond motifs is 6. The molecule has 0 aliphatic heterocycles. The average Bonchev–Trinajstić information content (AvgIpc) is 1.63. The van der Waals surface area contributed by atoms with E-state index in [-0.39, 0.29) is 120 Å². The summed E-state index contributed by atoms with van der Waals surface area (Å²) in [5, 5.41) is 9.00. The zero-order chi connectivity index (χ0) is 78.7. The summed E-state index contributed by atoms with van der Waals surface area (Å²) in [7, 11) is 4.34. The van der Waals surface area contributed by atoms with Gasteiger partial charge in [-0.1, -0.05) is 43.8 Å². The van der Waals surface area contributed by atoms with Crippen LogP contribution in [0.25, 0.3) is 33.9 Å². The van der Waals surface area contributed by atoms with Crippen molar-refractivity contribution < 1.29 is 129 Å². The second kappa shape index (κ2) is 45.4. The van der Waals surface area contributed by atoms with E-state index in [9.17, 15) is 67.1 Å². The Kier molecular flexibility index (Phi) is 39.3. The first kappa shape index (κ1) is 95.2. The van der Waals surface area contributed by atoms with E-state index in [0.717, 1.165) is 23.2 Å². The molecule has 0 aromatic carbocycles. The number of hydrogen-bond acceptors (Lipinski definition) is 17. The standard InChI is InChI=1S/C12H8F3N4.C11H9F3N2O2.C10H9BrN2O2.C10H10N2O2.C9H6ClF3N2.C9H7F3N2O.C3H3N2.CH2Cl2.CH4.BHNS.2W/c13-12(14,15)11-9(7-18-6-4-16-8-18)17-10-3-1-2-5-19(10)11;1-2-18-10(17)8-9(11(12,13)14)16-6-4-3-5-7(16)15-8;1-2-15-10(14)8-9(11)13-6-4-3-5-7(13)12-8;1-2-14-10(13)8-7-12-6-4-3-5-9(12)11-8;10-5-6-8(9(11,12)13)15-4-2-1-3-7(15)14-6;10-9(11,12)8-6(5-15)13-7-3-1-2-4-14(7)8;1-2-5-3-4-1;2-1-3;;1-2-3;;/h1-6H,7H2;3-6H,2H2,1H3;3-6H,2H2,1H3;3-7H,2H2,1H3;1-4H,5H2;1-4,15H,5H2;1-2H,(H,4,5);1H2;1H4;3H;;/q-1;;;;;;-1;;;;;. The number of aromatic nitrogens is 16. The molecule has 0 saturated carbocycles. The largest absolute Gasteiger partial charge is 0.467 e. The van der Waals surface area contributed by atoms with E-state index in [1.165, 1.54) is 97.1 Å². The predicted molar refractivity (Wildman–Crippen MR) is 380 cm³/mol. The van der Waals surface area contributed by atoms with E-state index in [1.54, 1.807) is 65.6 Å². The number of nitrogens with one attached hydrogen (secondary N) is 1. The number of aliphatic hydroxyl groups excluding tert-OH is 1. The van der Waals surface area contributed by atoms with Crippen LogP contribution in [0.2, 0.25) is 0 Å². The zero-order valence-corrected chi connectivity index (χ0v) is 66.7. The van der Waals surface area contributed by atoms with E-state index in [0.29, 0.717) is 34.9 Å². The summed E-state index contributed by atoms with van der Waals surface area (Å²) in [5.74, 6) is -2.12. The van der Waals surface area contributed by atoms with Gasteiger partial charge in [0.15, 0.2) is 39.9 Å². The van der Waals surface area contributed by atoms with Crippen molar-refractivity contribution in [3.8, 4) is 0 Å². The molecule has 0 spiro atoms. The number of thiol groups is 1. The van der Waals surface area contributed by atoms with Crippen LogP contribution in [0.3, 0.4) is 0 Å². The number of imidazole rings is 8. The number of halogens is 16. The van der Waals surface area contributed by atoms with Crippen molar-refractivity contribution in [2.45, 2.75) is 71.9 Å². The number of carbonyl (C=O) groups is 3. The summed E-state index contributed by atoms with van der Waals surface area (Å²) in [5.41, 5.74) is -1.99. The number of nitrogens with zero attached hydrogens (tertiary/aromatic N) is 16. The van der Waals surface area contributed by atoms with Gasteiger partial charge >= 0.3 is 67.4 Å². The summed E-state index contributed by atoms with van der Waals surface area (Å²) < 4.78 is 181. The molecule has 24 nitrogen and oxygen atoms in total. The van der Waals surface area contributed by atoms with E-state index in [2.05, 4.69) is 103 Å². The first-order chi connectivity index (χ1) is 51.0. The minimum atomic E-state index is -4.68. The van der Waals surface area contributed by atoms with Gasteiger partial charge in [-0.05, 0) is 116 Å². The third-order valence-electron chi connectivity index (χ3n) is 13.1. The Labute approximate surface area is 675 Å². The number of ether oxygens (including phenoxy) is 3. The topological polar surface area (TPSA) is 262 Å². The minimum absolute atomic E-state index is 0. The van der Waals surface area contributed by atoms with Crippen LogP contribution in [-0.2, 0) is 100 Å². The molecule has 14 rings (SSSR count). The van der Waals surface area contributed by atoms with Crippen molar-refractivity contribution in [1.82, 2.24) is 75.8 Å². The monoisotopic (exact) mass is 2020 g/mol. The van der Waals surface area contributed by atoms with Gasteiger partial charge in [-0.2, -0.15) is 52.7 Å². The van der Waals surface area contributed by atoms with Crippen LogP contribution < -0.4 is 0 Å². The van der Waals surface area contributed by atoms with Gasteiger partial charge in [0.05, 0.1) is 54.7 Å². The number of pyridine rings is 6. The van der Waals surface area contributed by atoms with Crippen molar-refractivity contribution >= 4 is 123 Å². The summed E-state index contributed by atoms with van der Waals surface area (Å²) >= 11 is 21.5. The van der Waals surface area contributed by atoms with Gasteiger partial charge in [0, 0.05) is 98.4 Å². The molecular weight excluding hydrogens is 1970 g/mol. The molecule has 14 aromatic heterocycles. The fourth-order valence-corrected chi connectivity index (χ4v) is 9.92. The van der Waals surface area contributed by atoms with Gasteiger partial charge in [-0.15, -0.1) is 59.6 Å². The van der Waals surface area contributed by atoms with Crippen molar-refractivity contribution in [3.05, 3.63) is 252 Å². The summed E-state index contributed by atoms with van der Waals surface area (Å²) in [4.78, 5) is 67.6. The Morgan fingerprint density at radius 2 is 0.900 bits per heavy atom. The van der Waals surface area contributed by atoms with Crippen LogP contribution >= 0.6 is 63.5 Å². The molecule has 44 heteroatoms. The van der Waals surface area contributed by atoms with Gasteiger partial charge < -0.3 is 43.2 Å². The molecule has 585 valence electrons. The molecule has 0 bridgehead atoms. The predicted octanol–water partition coefficient (Wildman–Crippen LogP) is 16.1. The maximum atomic E-state index is 13.1. The first-order valence-electron chi connectivity index (χ1n) is 30.2. The summed E-state index contributed by atoms with van der Waals surface area (Å²) in [6, 6.07) is 29.4. The molecule has 1 radical (unpaired) electrons. The average molecular weight is 2030 g/mol. The van der Waals surface area contributed by atoms with Crippen LogP contribution in [0.15, 0.2) is 186 Å². The minimum Gasteiger partial charge on any atom is -0.467 e. The Bertz CT molecular complexity index is 5000. The second-order valence-corrected chi connectivity index (χ2v) is 22.1. The van der Waals surface area contributed by atoms with Crippen LogP contribution in [0.1, 0.15) is 99.5 Å². The van der Waals surface area contributed by atoms with E-state index >= 15 is 0 Å². The zero-order valence-electron chi connectivity index (χ0n) is 56.1. The molecule has 0 saturated heterocycles. The van der Waals surface area contributed by atoms with E-state index in [4.69, 9.17) is 49.4 Å². The molecule has 0 aliphatic carbocycles. The quantitative estimate of drug-likeness (QED) is 0.0219. The Hall–Kier alpha value is -8.97. The smallest absolute Gasteiger partial charge is 0 e. The molecule has 0 atom stereocenters. The molecule has 0 amide bonds. The molecule has 2 N–H and O–H groups in total. The number of H-pyrrole nitrogens is 1. The maximum absolute atomic E-state index is 13.1. The van der Waals surface area contributed by atoms with Gasteiger partial charge in [-0.3, -0.25) is 22.0 Å². The number of esters is 3. The Morgan fingerprint density at radius 1 is 0.527 bits per heavy atom. The van der Waals surface area contributed by atoms with Gasteiger partial charge in [0.2, 0.25) is 0 Å². The third kappa shape index (κ3) is 26.4. The molecule has 0 fully saturated rings. The van der Waals surface area contributed by atoms with Crippen molar-refractivity contribution in [2.24, 2.45) is 4.30 Å². The summed E-state index contributed by atoms with van der Waals surface area (Å²) in [6.07, 6.45) is 3.78. The van der Waals surface area contributed by atoms with Crippen LogP contribution in [-0.4, -0.2) is 132 Å². The van der Waals surface area contributed by atoms with Crippen LogP contribution in [0.4, 0.5) is 52.7 Å². The molecule has 14 aromatic rings. The number of hydrogen-bond donors (Lipinski definition) is 3. The van der Waals surface area contributed by atoms with Crippen molar-refractivity contribution in [2.75, 3.05) is 25.2 Å². The molecule has 0 unspecified atom stereocenters. The molecule has 14 heterocycles. The number of rotatable bonds is 10. The second-order valence-electron chi connectivity index (χ2n) is 20.0. The Morgan fingerprint density at radius 3 is 1.28 bits per heavy atom. The van der Waals surface area contributed by atoms with Gasteiger partial charge in [0.25, 0.3) is 0 Å². The first-order valence-corrected chi connectivity index (χ1v) is 33.0. The van der Waals surface area contributed by atoms with Gasteiger partial charge in [0.1, 0.15) is 38.5 Å². The number of aliphatic hydroxyl groups is 1. The molecular formula is C66H59BBrCl3F12N17O7SW2-2. The fourth-order valence-electron chi connectivity index (χ4n) is 9.18. The summed E-state index contributed by atoms with van der Waals surface area (Å²) in [6.45, 7) is 5.01. The van der Waals surface area contributed by atoms with E-state index in [1.807, 2.05) is 48.8 Å². The van der Waals surface area contributed by atoms with Crippen LogP contribution in [0, 0.1) is 12.7 Å². The fraction of sp³-hybridized carbons (Fsp3) is 0.227. The van der Waals surface area contributed by atoms with Crippen molar-refractivity contribution in [1.29, 1.82) is 0 Å².